The normalized spacial score (nSPS) is 33.8. The summed E-state index contributed by atoms with van der Waals surface area (Å²) >= 11 is 0. The number of fused-ring (bicyclic) bond motifs is 1. The molecule has 3 aliphatic rings. The van der Waals surface area contributed by atoms with Gasteiger partial charge in [-0.05, 0) is 51.4 Å². The summed E-state index contributed by atoms with van der Waals surface area (Å²) in [7, 11) is 3.90. The molecule has 0 spiro atoms. The van der Waals surface area contributed by atoms with E-state index >= 15 is 0 Å². The molecular formula is C19H31N3O2. The minimum atomic E-state index is 0.0373. The summed E-state index contributed by atoms with van der Waals surface area (Å²) in [5.74, 6) is 0.844. The van der Waals surface area contributed by atoms with E-state index in [4.69, 9.17) is 9.47 Å². The van der Waals surface area contributed by atoms with Gasteiger partial charge in [-0.25, -0.2) is 0 Å². The van der Waals surface area contributed by atoms with Crippen molar-refractivity contribution in [2.45, 2.75) is 69.7 Å². The van der Waals surface area contributed by atoms with E-state index in [1.54, 1.807) is 0 Å². The Bertz CT molecular complexity index is 583. The number of aryl methyl sites for hydroxylation is 2. The van der Waals surface area contributed by atoms with E-state index < -0.39 is 0 Å². The molecule has 4 rings (SSSR count). The van der Waals surface area contributed by atoms with Gasteiger partial charge in [-0.15, -0.1) is 0 Å². The lowest BCUT2D eigenvalue weighted by molar-refractivity contribution is -0.103. The number of ether oxygens (including phenoxy) is 2. The van der Waals surface area contributed by atoms with Crippen LogP contribution in [-0.2, 0) is 23.1 Å². The van der Waals surface area contributed by atoms with Gasteiger partial charge in [0.1, 0.15) is 0 Å². The molecule has 2 aliphatic carbocycles. The molecule has 0 bridgehead atoms. The molecule has 0 amide bonds. The van der Waals surface area contributed by atoms with Crippen molar-refractivity contribution in [2.24, 2.45) is 13.0 Å². The van der Waals surface area contributed by atoms with Crippen molar-refractivity contribution in [1.29, 1.82) is 0 Å². The molecule has 1 aromatic rings. The Morgan fingerprint density at radius 3 is 2.79 bits per heavy atom. The number of likely N-dealkylation sites (tertiary alicyclic amines) is 1. The molecule has 134 valence electrons. The Labute approximate surface area is 145 Å². The minimum Gasteiger partial charge on any atom is -0.378 e. The topological polar surface area (TPSA) is 39.5 Å². The summed E-state index contributed by atoms with van der Waals surface area (Å²) in [5.41, 5.74) is 2.52. The zero-order valence-electron chi connectivity index (χ0n) is 15.3. The highest BCUT2D eigenvalue weighted by Crippen LogP contribution is 2.44. The van der Waals surface area contributed by atoms with Crippen LogP contribution in [0.4, 0.5) is 0 Å². The molecule has 5 heteroatoms. The van der Waals surface area contributed by atoms with E-state index in [9.17, 15) is 0 Å². The molecule has 0 N–H and O–H groups in total. The van der Waals surface area contributed by atoms with Crippen LogP contribution in [0.2, 0.25) is 0 Å². The average molecular weight is 333 g/mol. The predicted molar refractivity (Wildman–Crippen MR) is 92.8 cm³/mol. The zero-order chi connectivity index (χ0) is 16.7. The van der Waals surface area contributed by atoms with Gasteiger partial charge >= 0.3 is 0 Å². The Kier molecular flexibility index (Phi) is 4.43. The maximum Gasteiger partial charge on any atom is 0.0847 e. The molecule has 1 saturated heterocycles. The quantitative estimate of drug-likeness (QED) is 0.802. The number of hydrogen-bond acceptors (Lipinski definition) is 4. The SMILES string of the molecule is CO[C@@]12CC[C@H](OCC3CC3)C[C@@H]1N(Cc1cn(C)nc1C)CC2. The van der Waals surface area contributed by atoms with Crippen LogP contribution in [-0.4, -0.2) is 52.7 Å². The Morgan fingerprint density at radius 2 is 2.12 bits per heavy atom. The van der Waals surface area contributed by atoms with E-state index in [1.165, 1.54) is 18.4 Å². The molecule has 0 aromatic carbocycles. The lowest BCUT2D eigenvalue weighted by Crippen LogP contribution is -2.51. The second-order valence-electron chi connectivity index (χ2n) is 8.09. The van der Waals surface area contributed by atoms with Crippen LogP contribution >= 0.6 is 0 Å². The van der Waals surface area contributed by atoms with Gasteiger partial charge in [0, 0.05) is 51.7 Å². The standard InChI is InChI=1S/C19H31N3O2/c1-14-16(11-21(2)20-14)12-22-9-8-19(23-3)7-6-17(10-18(19)22)24-13-15-4-5-15/h11,15,17-18H,4-10,12-13H2,1-3H3/t17-,18-,19+/m0/s1. The highest BCUT2D eigenvalue weighted by Gasteiger charge is 2.51. The van der Waals surface area contributed by atoms with Crippen molar-refractivity contribution >= 4 is 0 Å². The van der Waals surface area contributed by atoms with Crippen LogP contribution in [0.3, 0.4) is 0 Å². The highest BCUT2D eigenvalue weighted by atomic mass is 16.5. The van der Waals surface area contributed by atoms with E-state index in [0.717, 1.165) is 57.0 Å². The summed E-state index contributed by atoms with van der Waals surface area (Å²) in [6.07, 6.45) is 9.83. The number of hydrogen-bond donors (Lipinski definition) is 0. The fraction of sp³-hybridized carbons (Fsp3) is 0.842. The lowest BCUT2D eigenvalue weighted by atomic mass is 9.79. The van der Waals surface area contributed by atoms with Gasteiger partial charge < -0.3 is 9.47 Å². The second kappa shape index (κ2) is 6.43. The maximum atomic E-state index is 6.23. The molecule has 3 atom stereocenters. The Balaban J connectivity index is 1.45. The van der Waals surface area contributed by atoms with Gasteiger partial charge in [0.2, 0.25) is 0 Å². The first-order valence-corrected chi connectivity index (χ1v) is 9.49. The van der Waals surface area contributed by atoms with Crippen LogP contribution in [0.15, 0.2) is 6.20 Å². The summed E-state index contributed by atoms with van der Waals surface area (Å²) in [6, 6.07) is 0.472. The van der Waals surface area contributed by atoms with Gasteiger partial charge in [-0.3, -0.25) is 9.58 Å². The molecular weight excluding hydrogens is 302 g/mol. The van der Waals surface area contributed by atoms with Crippen molar-refractivity contribution in [3.63, 3.8) is 0 Å². The van der Waals surface area contributed by atoms with Gasteiger partial charge in [-0.2, -0.15) is 5.10 Å². The van der Waals surface area contributed by atoms with Crippen LogP contribution in [0.1, 0.15) is 49.8 Å². The molecule has 0 radical (unpaired) electrons. The fourth-order valence-electron chi connectivity index (χ4n) is 4.68. The average Bonchev–Trinajstić information content (AvgIpc) is 3.26. The first-order valence-electron chi connectivity index (χ1n) is 9.49. The smallest absolute Gasteiger partial charge is 0.0847 e. The third kappa shape index (κ3) is 3.14. The molecule has 5 nitrogen and oxygen atoms in total. The van der Waals surface area contributed by atoms with Crippen molar-refractivity contribution in [3.8, 4) is 0 Å². The molecule has 1 aromatic heterocycles. The van der Waals surface area contributed by atoms with Gasteiger partial charge in [-0.1, -0.05) is 0 Å². The third-order valence-electron chi connectivity index (χ3n) is 6.41. The van der Waals surface area contributed by atoms with E-state index in [1.807, 2.05) is 18.8 Å². The summed E-state index contributed by atoms with van der Waals surface area (Å²) in [6.45, 7) is 5.17. The monoisotopic (exact) mass is 333 g/mol. The zero-order valence-corrected chi connectivity index (χ0v) is 15.3. The Morgan fingerprint density at radius 1 is 1.29 bits per heavy atom. The van der Waals surface area contributed by atoms with E-state index in [0.29, 0.717) is 12.1 Å². The van der Waals surface area contributed by atoms with Crippen LogP contribution in [0.5, 0.6) is 0 Å². The molecule has 2 saturated carbocycles. The van der Waals surface area contributed by atoms with E-state index in [-0.39, 0.29) is 5.60 Å². The lowest BCUT2D eigenvalue weighted by Gasteiger charge is -2.43. The summed E-state index contributed by atoms with van der Waals surface area (Å²) in [4.78, 5) is 2.61. The largest absolute Gasteiger partial charge is 0.378 e. The minimum absolute atomic E-state index is 0.0373. The number of methoxy groups -OCH3 is 1. The van der Waals surface area contributed by atoms with Crippen molar-refractivity contribution in [3.05, 3.63) is 17.5 Å². The van der Waals surface area contributed by atoms with Gasteiger partial charge in [0.15, 0.2) is 0 Å². The third-order valence-corrected chi connectivity index (χ3v) is 6.41. The van der Waals surface area contributed by atoms with Crippen molar-refractivity contribution in [2.75, 3.05) is 20.3 Å². The summed E-state index contributed by atoms with van der Waals surface area (Å²) < 4.78 is 14.2. The summed E-state index contributed by atoms with van der Waals surface area (Å²) in [5, 5.41) is 4.50. The second-order valence-corrected chi connectivity index (χ2v) is 8.09. The van der Waals surface area contributed by atoms with Crippen LogP contribution in [0.25, 0.3) is 0 Å². The number of nitrogens with zero attached hydrogens (tertiary/aromatic N) is 3. The molecule has 2 heterocycles. The van der Waals surface area contributed by atoms with Crippen molar-refractivity contribution in [1.82, 2.24) is 14.7 Å². The van der Waals surface area contributed by atoms with Crippen LogP contribution in [0, 0.1) is 12.8 Å². The predicted octanol–water partition coefficient (Wildman–Crippen LogP) is 2.67. The van der Waals surface area contributed by atoms with Crippen LogP contribution < -0.4 is 0 Å². The highest BCUT2D eigenvalue weighted by molar-refractivity contribution is 5.17. The fourth-order valence-corrected chi connectivity index (χ4v) is 4.68. The van der Waals surface area contributed by atoms with Crippen molar-refractivity contribution < 1.29 is 9.47 Å². The number of aromatic nitrogens is 2. The molecule has 1 aliphatic heterocycles. The first kappa shape index (κ1) is 16.6. The molecule has 3 fully saturated rings. The maximum absolute atomic E-state index is 6.23. The molecule has 0 unspecified atom stereocenters. The van der Waals surface area contributed by atoms with E-state index in [2.05, 4.69) is 23.1 Å². The number of rotatable bonds is 6. The first-order chi connectivity index (χ1) is 11.6. The molecule has 24 heavy (non-hydrogen) atoms. The Hall–Kier alpha value is -0.910. The van der Waals surface area contributed by atoms with Gasteiger partial charge in [0.05, 0.1) is 17.4 Å². The van der Waals surface area contributed by atoms with Gasteiger partial charge in [0.25, 0.3) is 0 Å².